The summed E-state index contributed by atoms with van der Waals surface area (Å²) in [6, 6.07) is 5.17. The molecule has 2 fully saturated rings. The summed E-state index contributed by atoms with van der Waals surface area (Å²) in [6.07, 6.45) is 1.65. The molecule has 1 unspecified atom stereocenters. The summed E-state index contributed by atoms with van der Waals surface area (Å²) < 4.78 is 8.80. The molecular formula is C18H22N4O4. The topological polar surface area (TPSA) is 94.4 Å². The quantitative estimate of drug-likeness (QED) is 0.725. The first kappa shape index (κ1) is 17.0. The summed E-state index contributed by atoms with van der Waals surface area (Å²) in [6.45, 7) is 2.45. The number of ether oxygens (including phenoxy) is 1. The first-order chi connectivity index (χ1) is 12.5. The van der Waals surface area contributed by atoms with Gasteiger partial charge in [-0.25, -0.2) is 4.79 Å². The van der Waals surface area contributed by atoms with Crippen molar-refractivity contribution in [2.24, 2.45) is 7.05 Å². The lowest BCUT2D eigenvalue weighted by molar-refractivity contribution is -0.135. The highest BCUT2D eigenvalue weighted by molar-refractivity contribution is 6.00. The van der Waals surface area contributed by atoms with Gasteiger partial charge in [-0.1, -0.05) is 6.07 Å². The maximum absolute atomic E-state index is 12.7. The molecule has 1 atom stereocenters. The van der Waals surface area contributed by atoms with Crippen LogP contribution in [0.1, 0.15) is 24.4 Å². The van der Waals surface area contributed by atoms with Crippen LogP contribution in [-0.2, 0) is 27.8 Å². The van der Waals surface area contributed by atoms with Gasteiger partial charge in [-0.2, -0.15) is 0 Å². The van der Waals surface area contributed by atoms with Crippen molar-refractivity contribution in [3.63, 3.8) is 0 Å². The van der Waals surface area contributed by atoms with Crippen LogP contribution < -0.4 is 16.3 Å². The molecule has 0 saturated carbocycles. The van der Waals surface area contributed by atoms with Gasteiger partial charge in [-0.05, 0) is 30.5 Å². The molecular weight excluding hydrogens is 336 g/mol. The summed E-state index contributed by atoms with van der Waals surface area (Å²) in [5.74, 6) is -0.703. The number of imidazole rings is 1. The number of aromatic nitrogens is 2. The number of hydrogen-bond acceptors (Lipinski definition) is 5. The predicted molar refractivity (Wildman–Crippen MR) is 94.9 cm³/mol. The van der Waals surface area contributed by atoms with Crippen molar-refractivity contribution < 1.29 is 14.3 Å². The standard InChI is InChI=1S/C18H22N4O4/c1-21-15-8-11(6-7-26-12-9-19-10-12)2-3-13(15)22(18(21)25)14-4-5-16(23)20-17(14)24/h2-3,8,12,14,19H,4-7,9-10H2,1H3,(H,20,23,24). The second-order valence-electron chi connectivity index (χ2n) is 6.90. The average Bonchev–Trinajstić information content (AvgIpc) is 2.82. The van der Waals surface area contributed by atoms with Crippen LogP contribution in [0.25, 0.3) is 11.0 Å². The predicted octanol–water partition coefficient (Wildman–Crippen LogP) is -0.151. The molecule has 3 heterocycles. The lowest BCUT2D eigenvalue weighted by Crippen LogP contribution is -2.48. The molecule has 8 nitrogen and oxygen atoms in total. The molecule has 2 saturated heterocycles. The molecule has 0 bridgehead atoms. The van der Waals surface area contributed by atoms with Crippen molar-refractivity contribution >= 4 is 22.8 Å². The number of nitrogens with zero attached hydrogens (tertiary/aromatic N) is 2. The summed E-state index contributed by atoms with van der Waals surface area (Å²) in [4.78, 5) is 36.3. The Bertz CT molecular complexity index is 925. The van der Waals surface area contributed by atoms with Gasteiger partial charge in [0, 0.05) is 26.6 Å². The van der Waals surface area contributed by atoms with E-state index in [2.05, 4.69) is 10.6 Å². The molecule has 2 N–H and O–H groups in total. The van der Waals surface area contributed by atoms with Crippen LogP contribution >= 0.6 is 0 Å². The highest BCUT2D eigenvalue weighted by Gasteiger charge is 2.31. The fourth-order valence-electron chi connectivity index (χ4n) is 3.52. The zero-order chi connectivity index (χ0) is 18.3. The third-order valence-corrected chi connectivity index (χ3v) is 5.16. The third-order valence-electron chi connectivity index (χ3n) is 5.16. The van der Waals surface area contributed by atoms with Crippen molar-refractivity contribution in [2.75, 3.05) is 19.7 Å². The maximum Gasteiger partial charge on any atom is 0.329 e. The van der Waals surface area contributed by atoms with Crippen LogP contribution in [0.2, 0.25) is 0 Å². The first-order valence-corrected chi connectivity index (χ1v) is 8.90. The Morgan fingerprint density at radius 3 is 2.69 bits per heavy atom. The van der Waals surface area contributed by atoms with Gasteiger partial charge in [0.15, 0.2) is 0 Å². The number of amides is 2. The number of piperidine rings is 1. The van der Waals surface area contributed by atoms with Gasteiger partial charge in [-0.15, -0.1) is 0 Å². The highest BCUT2D eigenvalue weighted by atomic mass is 16.5. The van der Waals surface area contributed by atoms with E-state index in [1.807, 2.05) is 18.2 Å². The summed E-state index contributed by atoms with van der Waals surface area (Å²) in [5.41, 5.74) is 2.33. The van der Waals surface area contributed by atoms with Crippen LogP contribution in [0.5, 0.6) is 0 Å². The van der Waals surface area contributed by atoms with Gasteiger partial charge in [0.25, 0.3) is 0 Å². The van der Waals surface area contributed by atoms with E-state index in [0.29, 0.717) is 24.6 Å². The Hall–Kier alpha value is -2.45. The monoisotopic (exact) mass is 358 g/mol. The number of rotatable bonds is 5. The minimum atomic E-state index is -0.649. The molecule has 8 heteroatoms. The normalized spacial score (nSPS) is 21.0. The number of nitrogens with one attached hydrogen (secondary N) is 2. The minimum Gasteiger partial charge on any atom is -0.375 e. The first-order valence-electron chi connectivity index (χ1n) is 8.90. The number of carbonyl (C=O) groups excluding carboxylic acids is 2. The molecule has 2 aliphatic heterocycles. The lowest BCUT2D eigenvalue weighted by Gasteiger charge is -2.27. The van der Waals surface area contributed by atoms with E-state index in [4.69, 9.17) is 4.74 Å². The van der Waals surface area contributed by atoms with Gasteiger partial charge >= 0.3 is 5.69 Å². The number of benzene rings is 1. The van der Waals surface area contributed by atoms with Gasteiger partial charge < -0.3 is 10.1 Å². The molecule has 2 amide bonds. The van der Waals surface area contributed by atoms with Crippen LogP contribution in [0, 0.1) is 0 Å². The van der Waals surface area contributed by atoms with E-state index in [0.717, 1.165) is 30.6 Å². The third kappa shape index (κ3) is 2.95. The largest absolute Gasteiger partial charge is 0.375 e. The van der Waals surface area contributed by atoms with Gasteiger partial charge in [0.05, 0.1) is 23.7 Å². The number of hydrogen-bond donors (Lipinski definition) is 2. The fraction of sp³-hybridized carbons (Fsp3) is 0.500. The van der Waals surface area contributed by atoms with E-state index < -0.39 is 11.9 Å². The van der Waals surface area contributed by atoms with Crippen molar-refractivity contribution in [3.05, 3.63) is 34.2 Å². The zero-order valence-electron chi connectivity index (χ0n) is 14.7. The molecule has 2 aromatic rings. The second kappa shape index (κ2) is 6.69. The zero-order valence-corrected chi connectivity index (χ0v) is 14.7. The van der Waals surface area contributed by atoms with Gasteiger partial charge in [0.1, 0.15) is 6.04 Å². The average molecular weight is 358 g/mol. The van der Waals surface area contributed by atoms with E-state index in [1.54, 1.807) is 11.6 Å². The number of imide groups is 1. The van der Waals surface area contributed by atoms with Crippen molar-refractivity contribution in [3.8, 4) is 0 Å². The number of fused-ring (bicyclic) bond motifs is 1. The molecule has 26 heavy (non-hydrogen) atoms. The molecule has 0 aliphatic carbocycles. The smallest absolute Gasteiger partial charge is 0.329 e. The van der Waals surface area contributed by atoms with E-state index in [1.165, 1.54) is 4.57 Å². The number of carbonyl (C=O) groups is 2. The van der Waals surface area contributed by atoms with Crippen LogP contribution in [0.15, 0.2) is 23.0 Å². The molecule has 2 aliphatic rings. The van der Waals surface area contributed by atoms with Crippen molar-refractivity contribution in [1.29, 1.82) is 0 Å². The molecule has 4 rings (SSSR count). The van der Waals surface area contributed by atoms with Gasteiger partial charge in [-0.3, -0.25) is 24.0 Å². The summed E-state index contributed by atoms with van der Waals surface area (Å²) >= 11 is 0. The molecule has 1 aromatic carbocycles. The van der Waals surface area contributed by atoms with E-state index in [9.17, 15) is 14.4 Å². The van der Waals surface area contributed by atoms with Crippen molar-refractivity contribution in [2.45, 2.75) is 31.4 Å². The Labute approximate surface area is 150 Å². The number of aryl methyl sites for hydroxylation is 1. The van der Waals surface area contributed by atoms with Crippen LogP contribution in [-0.4, -0.2) is 46.7 Å². The Balaban J connectivity index is 1.60. The minimum absolute atomic E-state index is 0.241. The van der Waals surface area contributed by atoms with E-state index >= 15 is 0 Å². The Morgan fingerprint density at radius 2 is 2.00 bits per heavy atom. The Morgan fingerprint density at radius 1 is 1.19 bits per heavy atom. The van der Waals surface area contributed by atoms with Crippen molar-refractivity contribution in [1.82, 2.24) is 19.8 Å². The second-order valence-corrected chi connectivity index (χ2v) is 6.90. The molecule has 138 valence electrons. The lowest BCUT2D eigenvalue weighted by atomic mass is 10.1. The van der Waals surface area contributed by atoms with Crippen LogP contribution in [0.4, 0.5) is 0 Å². The highest BCUT2D eigenvalue weighted by Crippen LogP contribution is 2.23. The molecule has 0 radical (unpaired) electrons. The molecule has 0 spiro atoms. The molecule has 1 aromatic heterocycles. The maximum atomic E-state index is 12.7. The Kier molecular flexibility index (Phi) is 4.37. The van der Waals surface area contributed by atoms with Crippen LogP contribution in [0.3, 0.4) is 0 Å². The SMILES string of the molecule is Cn1c(=O)n(C2CCC(=O)NC2=O)c2ccc(CCOC3CNC3)cc21. The van der Waals surface area contributed by atoms with E-state index in [-0.39, 0.29) is 18.0 Å². The fourth-order valence-corrected chi connectivity index (χ4v) is 3.52. The summed E-state index contributed by atoms with van der Waals surface area (Å²) in [7, 11) is 1.70. The van der Waals surface area contributed by atoms with Gasteiger partial charge in [0.2, 0.25) is 11.8 Å². The summed E-state index contributed by atoms with van der Waals surface area (Å²) in [5, 5.41) is 5.49.